The first-order valence-corrected chi connectivity index (χ1v) is 7.58. The summed E-state index contributed by atoms with van der Waals surface area (Å²) >= 11 is 2.29. The van der Waals surface area contributed by atoms with Gasteiger partial charge in [0.1, 0.15) is 5.78 Å². The molecule has 2 atom stereocenters. The number of ketones is 1. The van der Waals surface area contributed by atoms with Crippen molar-refractivity contribution >= 4 is 35.9 Å². The van der Waals surface area contributed by atoms with E-state index in [1.165, 1.54) is 6.42 Å². The van der Waals surface area contributed by atoms with E-state index in [9.17, 15) is 4.79 Å². The molecule has 1 rings (SSSR count). The summed E-state index contributed by atoms with van der Waals surface area (Å²) in [6, 6.07) is 0. The third-order valence-electron chi connectivity index (χ3n) is 2.19. The molecule has 0 bridgehead atoms. The summed E-state index contributed by atoms with van der Waals surface area (Å²) in [5.41, 5.74) is 0. The maximum atomic E-state index is 11.3. The zero-order valence-electron chi connectivity index (χ0n) is 6.96. The Bertz CT molecular complexity index is 181. The molecule has 0 aromatic heterocycles. The van der Waals surface area contributed by atoms with Crippen molar-refractivity contribution in [1.29, 1.82) is 0 Å². The molecule has 0 N–H and O–H groups in total. The number of allylic oxidation sites excluding steroid dienone is 1. The van der Waals surface area contributed by atoms with Gasteiger partial charge in [0.05, 0.1) is 0 Å². The number of hydrogen-bond acceptors (Lipinski definition) is 2. The van der Waals surface area contributed by atoms with E-state index in [-0.39, 0.29) is 0 Å². The molecule has 1 fully saturated rings. The van der Waals surface area contributed by atoms with Gasteiger partial charge in [-0.15, -0.1) is 6.58 Å². The van der Waals surface area contributed by atoms with Gasteiger partial charge in [-0.2, -0.15) is 0 Å². The summed E-state index contributed by atoms with van der Waals surface area (Å²) in [5, 5.41) is 0.553. The molecule has 0 amide bonds. The Hall–Kier alpha value is 0.490. The van der Waals surface area contributed by atoms with E-state index in [2.05, 4.69) is 27.8 Å². The van der Waals surface area contributed by atoms with Crippen molar-refractivity contribution in [3.63, 3.8) is 0 Å². The highest BCUT2D eigenvalue weighted by Gasteiger charge is 2.26. The fourth-order valence-electron chi connectivity index (χ4n) is 1.68. The largest absolute Gasteiger partial charge is 0.300 e. The third kappa shape index (κ3) is 3.09. The molecule has 12 heavy (non-hydrogen) atoms. The van der Waals surface area contributed by atoms with Crippen LogP contribution < -0.4 is 0 Å². The van der Waals surface area contributed by atoms with Crippen molar-refractivity contribution < 1.29 is 4.79 Å². The minimum Gasteiger partial charge on any atom is -0.300 e. The van der Waals surface area contributed by atoms with Crippen LogP contribution in [0.15, 0.2) is 12.7 Å². The van der Waals surface area contributed by atoms with Crippen LogP contribution in [0, 0.1) is 5.92 Å². The Morgan fingerprint density at radius 1 is 1.67 bits per heavy atom. The lowest BCUT2D eigenvalue weighted by atomic mass is 9.86. The Morgan fingerprint density at radius 2 is 2.42 bits per heavy atom. The van der Waals surface area contributed by atoms with E-state index >= 15 is 0 Å². The number of halogens is 1. The second-order valence-electron chi connectivity index (χ2n) is 3.28. The van der Waals surface area contributed by atoms with Gasteiger partial charge in [-0.25, -0.2) is 0 Å². The number of hydrogen-bond donors (Lipinski definition) is 0. The highest BCUT2D eigenvalue weighted by Crippen LogP contribution is 2.35. The van der Waals surface area contributed by atoms with Gasteiger partial charge < -0.3 is 0 Å². The van der Waals surface area contributed by atoms with E-state index in [4.69, 9.17) is 0 Å². The summed E-state index contributed by atoms with van der Waals surface area (Å²) in [7, 11) is 1.79. The maximum Gasteiger partial charge on any atom is 0.134 e. The number of carbonyl (C=O) groups is 1. The summed E-state index contributed by atoms with van der Waals surface area (Å²) < 4.78 is 0. The molecular formula is C9H13IOS. The molecule has 0 heterocycles. The topological polar surface area (TPSA) is 17.1 Å². The van der Waals surface area contributed by atoms with Gasteiger partial charge in [0.25, 0.3) is 0 Å². The second-order valence-corrected chi connectivity index (χ2v) is 5.65. The molecule has 3 heteroatoms. The lowest BCUT2D eigenvalue weighted by molar-refractivity contribution is -0.121. The van der Waals surface area contributed by atoms with Gasteiger partial charge in [-0.1, -0.05) is 15.0 Å². The molecule has 0 saturated heterocycles. The molecule has 0 unspecified atom stereocenters. The first kappa shape index (κ1) is 10.6. The van der Waals surface area contributed by atoms with E-state index in [0.717, 1.165) is 19.3 Å². The standard InChI is InChI=1S/C9H13IOS/c1-2-3-7-4-8(11)6-9(5-7)12-10/h2,7,9H,1,3-6H2/t7-,9+/m0/s1. The van der Waals surface area contributed by atoms with Crippen LogP contribution in [0.4, 0.5) is 0 Å². The maximum absolute atomic E-state index is 11.3. The fourth-order valence-corrected chi connectivity index (χ4v) is 3.44. The minimum atomic E-state index is 0.433. The molecule has 0 radical (unpaired) electrons. The summed E-state index contributed by atoms with van der Waals surface area (Å²) in [4.78, 5) is 11.3. The molecule has 0 aromatic rings. The predicted molar refractivity (Wildman–Crippen MR) is 62.6 cm³/mol. The highest BCUT2D eigenvalue weighted by atomic mass is 127. The summed E-state index contributed by atoms with van der Waals surface area (Å²) in [5.74, 6) is 0.998. The molecular weight excluding hydrogens is 283 g/mol. The lowest BCUT2D eigenvalue weighted by Crippen LogP contribution is -2.23. The normalized spacial score (nSPS) is 30.2. The van der Waals surface area contributed by atoms with Crippen LogP contribution in [0.1, 0.15) is 25.7 Å². The van der Waals surface area contributed by atoms with E-state index < -0.39 is 0 Å². The molecule has 1 aliphatic rings. The van der Waals surface area contributed by atoms with Crippen molar-refractivity contribution in [2.24, 2.45) is 5.92 Å². The molecule has 0 aliphatic heterocycles. The lowest BCUT2D eigenvalue weighted by Gasteiger charge is -2.25. The first-order chi connectivity index (χ1) is 5.76. The Balaban J connectivity index is 2.44. The molecule has 1 aliphatic carbocycles. The Labute approximate surface area is 90.0 Å². The van der Waals surface area contributed by atoms with Crippen molar-refractivity contribution in [2.45, 2.75) is 30.9 Å². The van der Waals surface area contributed by atoms with Crippen molar-refractivity contribution in [3.05, 3.63) is 12.7 Å². The highest BCUT2D eigenvalue weighted by molar-refractivity contribution is 14.2. The van der Waals surface area contributed by atoms with Crippen LogP contribution in [0.3, 0.4) is 0 Å². The smallest absolute Gasteiger partial charge is 0.134 e. The minimum absolute atomic E-state index is 0.433. The van der Waals surface area contributed by atoms with Gasteiger partial charge in [-0.05, 0) is 40.0 Å². The van der Waals surface area contributed by atoms with Crippen molar-refractivity contribution in [1.82, 2.24) is 0 Å². The average Bonchev–Trinajstić information content (AvgIpc) is 2.04. The third-order valence-corrected chi connectivity index (χ3v) is 4.96. The van der Waals surface area contributed by atoms with Gasteiger partial charge in [0.2, 0.25) is 0 Å². The molecule has 1 nitrogen and oxygen atoms in total. The average molecular weight is 296 g/mol. The van der Waals surface area contributed by atoms with Crippen LogP contribution >= 0.6 is 30.1 Å². The molecule has 0 aromatic carbocycles. The van der Waals surface area contributed by atoms with Crippen LogP contribution in [0.5, 0.6) is 0 Å². The monoisotopic (exact) mass is 296 g/mol. The number of rotatable bonds is 3. The summed E-state index contributed by atoms with van der Waals surface area (Å²) in [6.07, 6.45) is 5.67. The van der Waals surface area contributed by atoms with Crippen molar-refractivity contribution in [3.8, 4) is 0 Å². The molecule has 68 valence electrons. The van der Waals surface area contributed by atoms with Crippen LogP contribution in [0.2, 0.25) is 0 Å². The molecule has 0 spiro atoms. The van der Waals surface area contributed by atoms with E-state index in [0.29, 0.717) is 17.0 Å². The van der Waals surface area contributed by atoms with Crippen LogP contribution in [-0.2, 0) is 4.79 Å². The van der Waals surface area contributed by atoms with Crippen LogP contribution in [0.25, 0.3) is 0 Å². The first-order valence-electron chi connectivity index (χ1n) is 4.16. The SMILES string of the molecule is C=CC[C@H]1CC(=O)C[C@H](SI)C1. The van der Waals surface area contributed by atoms with Gasteiger partial charge in [0, 0.05) is 18.1 Å². The van der Waals surface area contributed by atoms with Gasteiger partial charge >= 0.3 is 0 Å². The van der Waals surface area contributed by atoms with Crippen molar-refractivity contribution in [2.75, 3.05) is 0 Å². The van der Waals surface area contributed by atoms with E-state index in [1.54, 1.807) is 8.93 Å². The summed E-state index contributed by atoms with van der Waals surface area (Å²) in [6.45, 7) is 3.71. The Morgan fingerprint density at radius 3 is 3.00 bits per heavy atom. The van der Waals surface area contributed by atoms with Gasteiger partial charge in [-0.3, -0.25) is 4.79 Å². The fraction of sp³-hybridized carbons (Fsp3) is 0.667. The zero-order chi connectivity index (χ0) is 8.97. The molecule has 1 saturated carbocycles. The Kier molecular flexibility index (Phi) is 4.64. The number of Topliss-reactive ketones (excluding diaryl/α,β-unsaturated/α-hetero) is 1. The van der Waals surface area contributed by atoms with E-state index in [1.807, 2.05) is 6.08 Å². The quantitative estimate of drug-likeness (QED) is 0.586. The zero-order valence-corrected chi connectivity index (χ0v) is 9.94. The van der Waals surface area contributed by atoms with Crippen LogP contribution in [-0.4, -0.2) is 11.0 Å². The predicted octanol–water partition coefficient (Wildman–Crippen LogP) is 3.38. The second kappa shape index (κ2) is 5.27. The number of carbonyl (C=O) groups excluding carboxylic acids is 1. The van der Waals surface area contributed by atoms with Gasteiger partial charge in [0.15, 0.2) is 0 Å².